The van der Waals surface area contributed by atoms with Crippen LogP contribution < -0.4 is 10.0 Å². The molecule has 1 heterocycles. The summed E-state index contributed by atoms with van der Waals surface area (Å²) in [7, 11) is -3.58. The van der Waals surface area contributed by atoms with Crippen LogP contribution in [-0.2, 0) is 14.8 Å². The van der Waals surface area contributed by atoms with Gasteiger partial charge in [0, 0.05) is 18.4 Å². The van der Waals surface area contributed by atoms with Gasteiger partial charge in [-0.15, -0.1) is 11.8 Å². The Labute approximate surface area is 161 Å². The van der Waals surface area contributed by atoms with Gasteiger partial charge in [0.05, 0.1) is 10.6 Å². The van der Waals surface area contributed by atoms with E-state index in [1.807, 2.05) is 6.26 Å². The molecule has 0 unspecified atom stereocenters. The zero-order valence-electron chi connectivity index (χ0n) is 15.7. The second kappa shape index (κ2) is 9.73. The van der Waals surface area contributed by atoms with E-state index in [2.05, 4.69) is 21.9 Å². The number of piperidine rings is 1. The molecule has 0 spiro atoms. The quantitative estimate of drug-likeness (QED) is 0.519. The number of likely N-dealkylation sites (tertiary alicyclic amines) is 1. The lowest BCUT2D eigenvalue weighted by Gasteiger charge is -2.30. The molecule has 8 heteroatoms. The molecule has 1 aliphatic rings. The number of benzene rings is 1. The normalized spacial score (nSPS) is 16.6. The molecule has 1 aromatic rings. The van der Waals surface area contributed by atoms with Crippen molar-refractivity contribution in [1.29, 1.82) is 0 Å². The molecular formula is C18H29N3O3S2. The molecule has 0 bridgehead atoms. The average molecular weight is 400 g/mol. The summed E-state index contributed by atoms with van der Waals surface area (Å²) in [6.45, 7) is 7.22. The maximum atomic E-state index is 12.5. The predicted molar refractivity (Wildman–Crippen MR) is 107 cm³/mol. The van der Waals surface area contributed by atoms with Gasteiger partial charge in [-0.05, 0) is 69.3 Å². The molecule has 1 aliphatic heterocycles. The van der Waals surface area contributed by atoms with Gasteiger partial charge in [0.25, 0.3) is 0 Å². The summed E-state index contributed by atoms with van der Waals surface area (Å²) >= 11 is 1.46. The third-order valence-electron chi connectivity index (χ3n) is 4.61. The number of rotatable bonds is 8. The van der Waals surface area contributed by atoms with E-state index < -0.39 is 10.0 Å². The summed E-state index contributed by atoms with van der Waals surface area (Å²) in [6.07, 6.45) is 5.11. The van der Waals surface area contributed by atoms with E-state index in [1.165, 1.54) is 37.6 Å². The van der Waals surface area contributed by atoms with Crippen LogP contribution >= 0.6 is 11.8 Å². The van der Waals surface area contributed by atoms with E-state index in [4.69, 9.17) is 0 Å². The minimum atomic E-state index is -3.58. The van der Waals surface area contributed by atoms with E-state index in [9.17, 15) is 13.2 Å². The van der Waals surface area contributed by atoms with Crippen LogP contribution in [0.5, 0.6) is 0 Å². The lowest BCUT2D eigenvalue weighted by atomic mass is 9.99. The largest absolute Gasteiger partial charge is 0.325 e. The Bertz CT molecular complexity index is 714. The first-order chi connectivity index (χ1) is 12.3. The molecule has 0 aromatic heterocycles. The first-order valence-electron chi connectivity index (χ1n) is 8.99. The molecule has 146 valence electrons. The maximum Gasteiger partial charge on any atom is 0.240 e. The number of carbonyl (C=O) groups excluding carboxylic acids is 1. The van der Waals surface area contributed by atoms with Crippen LogP contribution in [0.4, 0.5) is 5.69 Å². The Morgan fingerprint density at radius 1 is 1.31 bits per heavy atom. The highest BCUT2D eigenvalue weighted by Crippen LogP contribution is 2.28. The summed E-state index contributed by atoms with van der Waals surface area (Å²) in [4.78, 5) is 14.7. The van der Waals surface area contributed by atoms with Gasteiger partial charge in [-0.1, -0.05) is 6.92 Å². The number of sulfonamides is 1. The third-order valence-corrected chi connectivity index (χ3v) is 6.87. The minimum Gasteiger partial charge on any atom is -0.325 e. The minimum absolute atomic E-state index is 0.172. The fraction of sp³-hybridized carbons (Fsp3) is 0.611. The van der Waals surface area contributed by atoms with Gasteiger partial charge in [-0.3, -0.25) is 4.79 Å². The SMILES string of the molecule is CSc1ccc(S(=O)(=O)NCCCN2CCC(C)CC2)cc1NC(C)=O. The van der Waals surface area contributed by atoms with Crippen LogP contribution in [0.1, 0.15) is 33.1 Å². The van der Waals surface area contributed by atoms with Gasteiger partial charge in [0.1, 0.15) is 0 Å². The standard InChI is InChI=1S/C18H29N3O3S2/c1-14-7-11-21(12-8-14)10-4-9-19-26(23,24)16-5-6-18(25-3)17(13-16)20-15(2)22/h5-6,13-14,19H,4,7-12H2,1-3H3,(H,20,22). The molecule has 0 atom stereocenters. The lowest BCUT2D eigenvalue weighted by Crippen LogP contribution is -2.35. The van der Waals surface area contributed by atoms with Crippen LogP contribution in [0.2, 0.25) is 0 Å². The Morgan fingerprint density at radius 3 is 2.62 bits per heavy atom. The number of carbonyl (C=O) groups is 1. The van der Waals surface area contributed by atoms with E-state index in [0.29, 0.717) is 12.2 Å². The summed E-state index contributed by atoms with van der Waals surface area (Å²) in [5.74, 6) is 0.575. The number of anilines is 1. The summed E-state index contributed by atoms with van der Waals surface area (Å²) in [6, 6.07) is 4.81. The van der Waals surface area contributed by atoms with Gasteiger partial charge in [0.15, 0.2) is 0 Å². The molecule has 1 fully saturated rings. The third kappa shape index (κ3) is 6.26. The van der Waals surface area contributed by atoms with Crippen molar-refractivity contribution in [3.63, 3.8) is 0 Å². The molecule has 26 heavy (non-hydrogen) atoms. The van der Waals surface area contributed by atoms with Crippen LogP contribution in [0, 0.1) is 5.92 Å². The Morgan fingerprint density at radius 2 is 2.00 bits per heavy atom. The second-order valence-corrected chi connectivity index (χ2v) is 9.43. The Balaban J connectivity index is 1.91. The van der Waals surface area contributed by atoms with E-state index in [-0.39, 0.29) is 10.8 Å². The highest BCUT2D eigenvalue weighted by atomic mass is 32.2. The van der Waals surface area contributed by atoms with Crippen LogP contribution in [0.25, 0.3) is 0 Å². The van der Waals surface area contributed by atoms with Crippen molar-refractivity contribution in [3.8, 4) is 0 Å². The van der Waals surface area contributed by atoms with Crippen molar-refractivity contribution in [2.24, 2.45) is 5.92 Å². The van der Waals surface area contributed by atoms with E-state index in [0.717, 1.165) is 36.9 Å². The zero-order chi connectivity index (χ0) is 19.2. The fourth-order valence-electron chi connectivity index (χ4n) is 3.02. The van der Waals surface area contributed by atoms with Gasteiger partial charge in [-0.2, -0.15) is 0 Å². The number of hydrogen-bond acceptors (Lipinski definition) is 5. The molecule has 1 aromatic carbocycles. The number of nitrogens with zero attached hydrogens (tertiary/aromatic N) is 1. The Kier molecular flexibility index (Phi) is 7.94. The average Bonchev–Trinajstić information content (AvgIpc) is 2.59. The molecule has 2 rings (SSSR count). The van der Waals surface area contributed by atoms with Crippen molar-refractivity contribution in [3.05, 3.63) is 18.2 Å². The van der Waals surface area contributed by atoms with Crippen molar-refractivity contribution in [2.45, 2.75) is 42.9 Å². The van der Waals surface area contributed by atoms with Crippen LogP contribution in [0.3, 0.4) is 0 Å². The number of thioether (sulfide) groups is 1. The highest BCUT2D eigenvalue weighted by Gasteiger charge is 2.18. The maximum absolute atomic E-state index is 12.5. The van der Waals surface area contributed by atoms with Crippen molar-refractivity contribution >= 4 is 33.4 Å². The molecule has 0 aliphatic carbocycles. The second-order valence-electron chi connectivity index (χ2n) is 6.82. The van der Waals surface area contributed by atoms with Gasteiger partial charge >= 0.3 is 0 Å². The van der Waals surface area contributed by atoms with Gasteiger partial charge < -0.3 is 10.2 Å². The molecule has 2 N–H and O–H groups in total. The Hall–Kier alpha value is -1.09. The zero-order valence-corrected chi connectivity index (χ0v) is 17.4. The molecule has 0 radical (unpaired) electrons. The van der Waals surface area contributed by atoms with E-state index in [1.54, 1.807) is 12.1 Å². The lowest BCUT2D eigenvalue weighted by molar-refractivity contribution is -0.114. The first-order valence-corrected chi connectivity index (χ1v) is 11.7. The first kappa shape index (κ1) is 21.2. The topological polar surface area (TPSA) is 78.5 Å². The molecule has 6 nitrogen and oxygen atoms in total. The number of nitrogens with one attached hydrogen (secondary N) is 2. The smallest absolute Gasteiger partial charge is 0.240 e. The summed E-state index contributed by atoms with van der Waals surface area (Å²) < 4.78 is 27.7. The molecular weight excluding hydrogens is 370 g/mol. The summed E-state index contributed by atoms with van der Waals surface area (Å²) in [5.41, 5.74) is 0.523. The van der Waals surface area contributed by atoms with E-state index >= 15 is 0 Å². The van der Waals surface area contributed by atoms with Gasteiger partial charge in [-0.25, -0.2) is 13.1 Å². The van der Waals surface area contributed by atoms with Crippen molar-refractivity contribution < 1.29 is 13.2 Å². The summed E-state index contributed by atoms with van der Waals surface area (Å²) in [5, 5.41) is 2.69. The number of amides is 1. The highest BCUT2D eigenvalue weighted by molar-refractivity contribution is 7.98. The molecule has 0 saturated carbocycles. The predicted octanol–water partition coefficient (Wildman–Crippen LogP) is 2.77. The number of hydrogen-bond donors (Lipinski definition) is 2. The molecule has 1 saturated heterocycles. The fourth-order valence-corrected chi connectivity index (χ4v) is 4.65. The van der Waals surface area contributed by atoms with Gasteiger partial charge in [0.2, 0.25) is 15.9 Å². The monoisotopic (exact) mass is 399 g/mol. The van der Waals surface area contributed by atoms with Crippen molar-refractivity contribution in [1.82, 2.24) is 9.62 Å². The molecule has 1 amide bonds. The van der Waals surface area contributed by atoms with Crippen LogP contribution in [-0.4, -0.2) is 51.7 Å². The van der Waals surface area contributed by atoms with Crippen molar-refractivity contribution in [2.75, 3.05) is 37.8 Å². The van der Waals surface area contributed by atoms with Crippen LogP contribution in [0.15, 0.2) is 28.0 Å².